The van der Waals surface area contributed by atoms with E-state index in [1.54, 1.807) is 53.4 Å². The molecule has 3 saturated heterocycles. The predicted octanol–water partition coefficient (Wildman–Crippen LogP) is 5.75. The zero-order valence-corrected chi connectivity index (χ0v) is 38.1. The van der Waals surface area contributed by atoms with E-state index in [4.69, 9.17) is 9.84 Å². The molecule has 0 aliphatic carbocycles. The number of benzene rings is 4. The first-order chi connectivity index (χ1) is 32.5. The topological polar surface area (TPSA) is 261 Å². The van der Waals surface area contributed by atoms with Crippen LogP contribution in [0.4, 0.5) is 21.9 Å². The van der Waals surface area contributed by atoms with E-state index in [-0.39, 0.29) is 72.3 Å². The minimum atomic E-state index is -3.81. The third-order valence-corrected chi connectivity index (χ3v) is 15.2. The van der Waals surface area contributed by atoms with Crippen molar-refractivity contribution < 1.29 is 52.1 Å². The van der Waals surface area contributed by atoms with Crippen molar-refractivity contribution in [3.05, 3.63) is 101 Å². The Morgan fingerprint density at radius 2 is 1.65 bits per heavy atom. The fraction of sp³-hybridized carbons (Fsp3) is 0.354. The number of ether oxygens (including phenoxy) is 1. The molecule has 1 aromatic heterocycles. The number of carbonyl (C=O) groups is 6. The molecule has 4 aliphatic rings. The minimum Gasteiger partial charge on any atom is -0.479 e. The maximum atomic E-state index is 14.0. The number of urea groups is 1. The molecule has 5 amide bonds. The normalized spacial score (nSPS) is 19.8. The summed E-state index contributed by atoms with van der Waals surface area (Å²) in [6.07, 6.45) is 2.75. The van der Waals surface area contributed by atoms with Crippen LogP contribution in [0.5, 0.6) is 5.88 Å². The van der Waals surface area contributed by atoms with Crippen LogP contribution in [0.2, 0.25) is 0 Å². The number of imide groups is 1. The Morgan fingerprint density at radius 1 is 0.897 bits per heavy atom. The molecule has 5 heterocycles. The van der Waals surface area contributed by atoms with Gasteiger partial charge in [-0.15, -0.1) is 0 Å². The van der Waals surface area contributed by atoms with Gasteiger partial charge in [-0.25, -0.2) is 22.8 Å². The maximum Gasteiger partial charge on any atom is 0.358 e. The number of hydrogen-bond acceptors (Lipinski definition) is 11. The van der Waals surface area contributed by atoms with Crippen LogP contribution in [0.25, 0.3) is 22.2 Å². The Kier molecular flexibility index (Phi) is 12.2. The molecule has 6 N–H and O–H groups in total. The van der Waals surface area contributed by atoms with E-state index in [2.05, 4.69) is 25.9 Å². The number of carboxylic acids is 2. The Morgan fingerprint density at radius 3 is 2.38 bits per heavy atom. The molecule has 0 spiro atoms. The molecule has 0 saturated carbocycles. The summed E-state index contributed by atoms with van der Waals surface area (Å²) >= 11 is 0. The van der Waals surface area contributed by atoms with Crippen molar-refractivity contribution >= 4 is 73.5 Å². The summed E-state index contributed by atoms with van der Waals surface area (Å²) in [6.45, 7) is 4.21. The number of sulfonamides is 1. The van der Waals surface area contributed by atoms with Gasteiger partial charge in [0, 0.05) is 65.5 Å². The smallest absolute Gasteiger partial charge is 0.358 e. The molecule has 2 atom stereocenters. The summed E-state index contributed by atoms with van der Waals surface area (Å²) in [5, 5.41) is 29.1. The lowest BCUT2D eigenvalue weighted by atomic mass is 9.85. The van der Waals surface area contributed by atoms with E-state index in [0.29, 0.717) is 72.5 Å². The highest BCUT2D eigenvalue weighted by atomic mass is 32.2. The van der Waals surface area contributed by atoms with E-state index in [1.165, 1.54) is 9.21 Å². The summed E-state index contributed by atoms with van der Waals surface area (Å²) in [6, 6.07) is 22.2. The fourth-order valence-electron chi connectivity index (χ4n) is 10.1. The Labute approximate surface area is 390 Å². The highest BCUT2D eigenvalue weighted by Gasteiger charge is 2.43. The first-order valence-electron chi connectivity index (χ1n) is 22.4. The van der Waals surface area contributed by atoms with Crippen LogP contribution in [-0.4, -0.2) is 117 Å². The number of nitrogens with zero attached hydrogens (tertiary/aromatic N) is 4. The first-order valence-corrected chi connectivity index (χ1v) is 24.0. The zero-order valence-electron chi connectivity index (χ0n) is 37.3. The second-order valence-electron chi connectivity index (χ2n) is 18.2. The highest BCUT2D eigenvalue weighted by molar-refractivity contribution is 7.88. The van der Waals surface area contributed by atoms with Gasteiger partial charge in [0.05, 0.1) is 11.4 Å². The molecule has 3 fully saturated rings. The quantitative estimate of drug-likeness (QED) is 0.0769. The molecule has 4 aromatic carbocycles. The lowest BCUT2D eigenvalue weighted by molar-refractivity contribution is -0.139. The summed E-state index contributed by atoms with van der Waals surface area (Å²) < 4.78 is 34.7. The van der Waals surface area contributed by atoms with E-state index in [1.807, 2.05) is 44.2 Å². The standard InChI is InChI=1S/C48H50N8O11S/c1-48(2)24-32(49-31-9-4-7-29(23-31)42-52-41(46(62)63)44(53-42)67-25-39(58)59)18-21-55(48)68(65,66)26-27-6-3-8-30(22-27)50-47(64)54-19-16-28(17-20-54)33-12-13-36-40-34(33)10-5-11-35(40)45(61)56(36)37-14-15-38(57)51-43(37)60/h3-13,22-23,28,32,37,49H,14-21,24-26H2,1-2H3,(H,50,64)(H,52,53)(H,58,59)(H,62,63)(H,51,57,60). The third kappa shape index (κ3) is 9.07. The largest absolute Gasteiger partial charge is 0.479 e. The van der Waals surface area contributed by atoms with Gasteiger partial charge in [0.15, 0.2) is 12.3 Å². The average Bonchev–Trinajstić information content (AvgIpc) is 3.85. The number of anilines is 3. The van der Waals surface area contributed by atoms with Crippen molar-refractivity contribution in [1.82, 2.24) is 24.5 Å². The third-order valence-electron chi connectivity index (χ3n) is 13.2. The lowest BCUT2D eigenvalue weighted by Gasteiger charge is -2.45. The number of carboxylic acid groups (broad SMARTS) is 2. The van der Waals surface area contributed by atoms with Crippen LogP contribution in [0.15, 0.2) is 78.9 Å². The van der Waals surface area contributed by atoms with E-state index < -0.39 is 46.1 Å². The Hall–Kier alpha value is -7.32. The van der Waals surface area contributed by atoms with Gasteiger partial charge in [-0.3, -0.25) is 24.6 Å². The van der Waals surface area contributed by atoms with Crippen LogP contribution in [-0.2, 0) is 30.2 Å². The van der Waals surface area contributed by atoms with Crippen LogP contribution in [0.1, 0.15) is 90.3 Å². The molecular formula is C48H50N8O11S. The van der Waals surface area contributed by atoms with Crippen molar-refractivity contribution in [3.8, 4) is 17.3 Å². The summed E-state index contributed by atoms with van der Waals surface area (Å²) in [5.74, 6) is -4.05. The number of nitrogens with one attached hydrogen (secondary N) is 4. The number of aromatic carboxylic acids is 1. The lowest BCUT2D eigenvalue weighted by Crippen LogP contribution is -2.55. The zero-order chi connectivity index (χ0) is 48.1. The van der Waals surface area contributed by atoms with Crippen LogP contribution >= 0.6 is 0 Å². The van der Waals surface area contributed by atoms with Gasteiger partial charge < -0.3 is 35.5 Å². The monoisotopic (exact) mass is 946 g/mol. The predicted molar refractivity (Wildman–Crippen MR) is 250 cm³/mol. The van der Waals surface area contributed by atoms with Gasteiger partial charge in [0.1, 0.15) is 11.9 Å². The van der Waals surface area contributed by atoms with Gasteiger partial charge in [-0.05, 0) is 105 Å². The summed E-state index contributed by atoms with van der Waals surface area (Å²) in [5.41, 5.74) is 3.33. The number of aromatic amines is 1. The molecule has 68 heavy (non-hydrogen) atoms. The molecule has 4 aliphatic heterocycles. The average molecular weight is 947 g/mol. The van der Waals surface area contributed by atoms with Crippen molar-refractivity contribution in [3.63, 3.8) is 0 Å². The molecule has 0 radical (unpaired) electrons. The van der Waals surface area contributed by atoms with Crippen LogP contribution in [0.3, 0.4) is 0 Å². The summed E-state index contributed by atoms with van der Waals surface area (Å²) in [4.78, 5) is 84.7. The number of imidazole rings is 1. The molecule has 9 rings (SSSR count). The molecule has 20 heteroatoms. The molecule has 354 valence electrons. The second kappa shape index (κ2) is 18.1. The molecule has 0 bridgehead atoms. The van der Waals surface area contributed by atoms with E-state index in [9.17, 15) is 42.3 Å². The fourth-order valence-corrected chi connectivity index (χ4v) is 12.1. The van der Waals surface area contributed by atoms with E-state index >= 15 is 0 Å². The number of rotatable bonds is 13. The van der Waals surface area contributed by atoms with Crippen molar-refractivity contribution in [2.24, 2.45) is 0 Å². The number of hydrogen-bond donors (Lipinski definition) is 6. The van der Waals surface area contributed by atoms with E-state index in [0.717, 1.165) is 16.3 Å². The maximum absolute atomic E-state index is 14.0. The number of aromatic nitrogens is 2. The van der Waals surface area contributed by atoms with Crippen LogP contribution < -0.4 is 25.6 Å². The Bertz CT molecular complexity index is 3000. The first kappa shape index (κ1) is 45.8. The van der Waals surface area contributed by atoms with Gasteiger partial charge >= 0.3 is 18.0 Å². The second-order valence-corrected chi connectivity index (χ2v) is 20.1. The number of piperidine rings is 3. The SMILES string of the molecule is CC1(C)CC(Nc2cccc(-c3nc(OCC(=O)O)c(C(=O)O)[nH]3)c2)CCN1S(=O)(=O)Cc1cccc(NC(=O)N2CCC(c3ccc4c5c(cccc35)C(=O)N4C3CCC(=O)NC3=O)CC2)c1. The number of aliphatic carboxylic acids is 1. The molecule has 19 nitrogen and oxygen atoms in total. The molecular weight excluding hydrogens is 897 g/mol. The van der Waals surface area contributed by atoms with Gasteiger partial charge in [0.2, 0.25) is 27.7 Å². The number of likely N-dealkylation sites (tertiary alicyclic amines) is 1. The van der Waals surface area contributed by atoms with Crippen molar-refractivity contribution in [1.29, 1.82) is 0 Å². The minimum absolute atomic E-state index is 0.109. The summed E-state index contributed by atoms with van der Waals surface area (Å²) in [7, 11) is -3.81. The van der Waals surface area contributed by atoms with Gasteiger partial charge in [-0.2, -0.15) is 9.29 Å². The van der Waals surface area contributed by atoms with Crippen LogP contribution in [0, 0.1) is 0 Å². The molecule has 5 aromatic rings. The van der Waals surface area contributed by atoms with Gasteiger partial charge in [0.25, 0.3) is 5.91 Å². The van der Waals surface area contributed by atoms with Crippen molar-refractivity contribution in [2.75, 3.05) is 41.8 Å². The van der Waals surface area contributed by atoms with Gasteiger partial charge in [-0.1, -0.05) is 42.5 Å². The highest BCUT2D eigenvalue weighted by Crippen LogP contribution is 2.44. The number of carbonyl (C=O) groups excluding carboxylic acids is 4. The number of H-pyrrole nitrogens is 1. The Balaban J connectivity index is 0.798. The molecule has 2 unspecified atom stereocenters. The number of amides is 5. The van der Waals surface area contributed by atoms with Crippen molar-refractivity contribution in [2.45, 2.75) is 81.7 Å².